The molecular formula is C44H84NO8P. The smallest absolute Gasteiger partial charge is 0.306 e. The van der Waals surface area contributed by atoms with Crippen LogP contribution in [0.15, 0.2) is 24.3 Å². The summed E-state index contributed by atoms with van der Waals surface area (Å²) in [7, 11) is 1.17. The molecule has 0 aromatic heterocycles. The van der Waals surface area contributed by atoms with Crippen molar-refractivity contribution >= 4 is 19.8 Å². The standard InChI is InChI=1S/C44H84NO8P/c1-6-8-10-12-14-15-16-17-18-19-20-21-22-23-24-25-26-27-28-29-31-33-35-37-44(47)53-42(41-52-54(48,49)51-39-38-45(3,4)5)40-50-43(46)36-34-32-30-13-11-9-7-2/h16-17,19-20,42H,6-15,18,21-41H2,1-5H3/b17-16-,20-19-. The van der Waals surface area contributed by atoms with E-state index < -0.39 is 26.5 Å². The fraction of sp³-hybridized carbons (Fsp3) is 0.864. The molecule has 0 heterocycles. The van der Waals surface area contributed by atoms with Crippen LogP contribution in [0.2, 0.25) is 0 Å². The number of ether oxygens (including phenoxy) is 2. The number of carbonyl (C=O) groups excluding carboxylic acids is 2. The van der Waals surface area contributed by atoms with Gasteiger partial charge < -0.3 is 27.9 Å². The van der Waals surface area contributed by atoms with Crippen LogP contribution in [-0.2, 0) is 32.7 Å². The third-order valence-electron chi connectivity index (χ3n) is 9.47. The van der Waals surface area contributed by atoms with E-state index in [4.69, 9.17) is 18.5 Å². The van der Waals surface area contributed by atoms with Crippen LogP contribution in [-0.4, -0.2) is 70.0 Å². The van der Waals surface area contributed by atoms with Gasteiger partial charge in [0.1, 0.15) is 19.8 Å². The molecule has 0 aromatic rings. The number of quaternary nitrogens is 1. The molecule has 0 aliphatic rings. The zero-order valence-electron chi connectivity index (χ0n) is 35.7. The fourth-order valence-electron chi connectivity index (χ4n) is 5.98. The lowest BCUT2D eigenvalue weighted by Gasteiger charge is -2.28. The molecule has 0 rings (SSSR count). The van der Waals surface area contributed by atoms with E-state index in [2.05, 4.69) is 38.2 Å². The minimum Gasteiger partial charge on any atom is -0.756 e. The van der Waals surface area contributed by atoms with E-state index in [9.17, 15) is 19.0 Å². The normalized spacial score (nSPS) is 13.8. The number of phosphoric acid groups is 1. The SMILES string of the molecule is CCCCCCC/C=C\C/C=C\CCCCCCCCCCCCCC(=O)OC(COC(=O)CCCCCCCCC)COP(=O)([O-])OCC[N+](C)(C)C. The molecule has 2 atom stereocenters. The predicted octanol–water partition coefficient (Wildman–Crippen LogP) is 11.7. The highest BCUT2D eigenvalue weighted by molar-refractivity contribution is 7.45. The van der Waals surface area contributed by atoms with Crippen LogP contribution in [0.1, 0.15) is 194 Å². The summed E-state index contributed by atoms with van der Waals surface area (Å²) in [6.07, 6.45) is 39.4. The lowest BCUT2D eigenvalue weighted by molar-refractivity contribution is -0.870. The average Bonchev–Trinajstić information content (AvgIpc) is 3.12. The van der Waals surface area contributed by atoms with Crippen molar-refractivity contribution in [3.05, 3.63) is 24.3 Å². The molecule has 2 unspecified atom stereocenters. The zero-order valence-corrected chi connectivity index (χ0v) is 36.6. The lowest BCUT2D eigenvalue weighted by Crippen LogP contribution is -2.37. The van der Waals surface area contributed by atoms with Crippen LogP contribution in [0, 0.1) is 0 Å². The third-order valence-corrected chi connectivity index (χ3v) is 10.4. The molecule has 0 saturated carbocycles. The first-order valence-corrected chi connectivity index (χ1v) is 23.5. The Morgan fingerprint density at radius 1 is 0.574 bits per heavy atom. The number of unbranched alkanes of at least 4 members (excludes halogenated alkanes) is 22. The summed E-state index contributed by atoms with van der Waals surface area (Å²) in [4.78, 5) is 37.3. The molecule has 0 saturated heterocycles. The summed E-state index contributed by atoms with van der Waals surface area (Å²) in [6.45, 7) is 4.17. The summed E-state index contributed by atoms with van der Waals surface area (Å²) in [5.41, 5.74) is 0. The highest BCUT2D eigenvalue weighted by Gasteiger charge is 2.21. The average molecular weight is 786 g/mol. The Bertz CT molecular complexity index is 980. The molecule has 10 heteroatoms. The number of carbonyl (C=O) groups is 2. The summed E-state index contributed by atoms with van der Waals surface area (Å²) >= 11 is 0. The number of hydrogen-bond donors (Lipinski definition) is 0. The molecule has 0 amide bonds. The highest BCUT2D eigenvalue weighted by atomic mass is 31.2. The number of allylic oxidation sites excluding steroid dienone is 4. The van der Waals surface area contributed by atoms with Crippen molar-refractivity contribution < 1.29 is 42.1 Å². The second kappa shape index (κ2) is 37.1. The van der Waals surface area contributed by atoms with E-state index in [0.717, 1.165) is 44.9 Å². The van der Waals surface area contributed by atoms with Crippen molar-refractivity contribution in [2.75, 3.05) is 47.5 Å². The van der Waals surface area contributed by atoms with Gasteiger partial charge in [-0.05, 0) is 44.9 Å². The molecule has 318 valence electrons. The first-order valence-electron chi connectivity index (χ1n) is 22.0. The molecule has 0 aliphatic carbocycles. The summed E-state index contributed by atoms with van der Waals surface area (Å²) in [5.74, 6) is -0.839. The summed E-state index contributed by atoms with van der Waals surface area (Å²) < 4.78 is 33.8. The van der Waals surface area contributed by atoms with Gasteiger partial charge in [0, 0.05) is 12.8 Å². The number of esters is 2. The van der Waals surface area contributed by atoms with Crippen LogP contribution in [0.3, 0.4) is 0 Å². The van der Waals surface area contributed by atoms with Gasteiger partial charge >= 0.3 is 11.9 Å². The maximum Gasteiger partial charge on any atom is 0.306 e. The van der Waals surface area contributed by atoms with Gasteiger partial charge in [-0.25, -0.2) is 0 Å². The van der Waals surface area contributed by atoms with Gasteiger partial charge in [0.05, 0.1) is 27.7 Å². The number of nitrogens with zero attached hydrogens (tertiary/aromatic N) is 1. The Kier molecular flexibility index (Phi) is 36.1. The Balaban J connectivity index is 4.16. The largest absolute Gasteiger partial charge is 0.756 e. The van der Waals surface area contributed by atoms with E-state index in [0.29, 0.717) is 17.4 Å². The Morgan fingerprint density at radius 3 is 1.46 bits per heavy atom. The maximum absolute atomic E-state index is 12.6. The highest BCUT2D eigenvalue weighted by Crippen LogP contribution is 2.38. The molecule has 0 fully saturated rings. The zero-order chi connectivity index (χ0) is 40.0. The number of likely N-dealkylation sites (N-methyl/N-ethyl adjacent to an activating group) is 1. The number of phosphoric ester groups is 1. The van der Waals surface area contributed by atoms with Gasteiger partial charge in [-0.2, -0.15) is 0 Å². The van der Waals surface area contributed by atoms with Gasteiger partial charge in [0.15, 0.2) is 6.10 Å². The molecule has 54 heavy (non-hydrogen) atoms. The van der Waals surface area contributed by atoms with E-state index in [1.807, 2.05) is 21.1 Å². The van der Waals surface area contributed by atoms with Crippen LogP contribution >= 0.6 is 7.82 Å². The number of hydrogen-bond acceptors (Lipinski definition) is 8. The maximum atomic E-state index is 12.6. The quantitative estimate of drug-likeness (QED) is 0.0198. The van der Waals surface area contributed by atoms with Crippen molar-refractivity contribution in [1.82, 2.24) is 0 Å². The second-order valence-electron chi connectivity index (χ2n) is 16.1. The van der Waals surface area contributed by atoms with Crippen molar-refractivity contribution in [2.45, 2.75) is 200 Å². The molecule has 0 aromatic carbocycles. The fourth-order valence-corrected chi connectivity index (χ4v) is 6.71. The Morgan fingerprint density at radius 2 is 1.00 bits per heavy atom. The summed E-state index contributed by atoms with van der Waals surface area (Å²) in [5, 5.41) is 0. The molecule has 0 aliphatic heterocycles. The predicted molar refractivity (Wildman–Crippen MR) is 222 cm³/mol. The van der Waals surface area contributed by atoms with E-state index >= 15 is 0 Å². The second-order valence-corrected chi connectivity index (χ2v) is 17.5. The van der Waals surface area contributed by atoms with Crippen LogP contribution in [0.4, 0.5) is 0 Å². The van der Waals surface area contributed by atoms with Crippen LogP contribution < -0.4 is 4.89 Å². The molecule has 0 radical (unpaired) electrons. The topological polar surface area (TPSA) is 111 Å². The summed E-state index contributed by atoms with van der Waals surface area (Å²) in [6, 6.07) is 0. The third kappa shape index (κ3) is 40.2. The van der Waals surface area contributed by atoms with Crippen LogP contribution in [0.25, 0.3) is 0 Å². The molecule has 0 bridgehead atoms. The Labute approximate surface area is 332 Å². The minimum absolute atomic E-state index is 0.0296. The van der Waals surface area contributed by atoms with Crippen molar-refractivity contribution in [3.63, 3.8) is 0 Å². The molecular weight excluding hydrogens is 701 g/mol. The van der Waals surface area contributed by atoms with Crippen molar-refractivity contribution in [1.29, 1.82) is 0 Å². The Hall–Kier alpha value is -1.51. The van der Waals surface area contributed by atoms with E-state index in [1.54, 1.807) is 0 Å². The minimum atomic E-state index is -4.61. The van der Waals surface area contributed by atoms with Gasteiger partial charge in [-0.1, -0.05) is 160 Å². The first kappa shape index (κ1) is 52.5. The monoisotopic (exact) mass is 786 g/mol. The van der Waals surface area contributed by atoms with Crippen molar-refractivity contribution in [3.8, 4) is 0 Å². The van der Waals surface area contributed by atoms with E-state index in [1.165, 1.54) is 116 Å². The molecule has 9 nitrogen and oxygen atoms in total. The first-order chi connectivity index (χ1) is 26.0. The van der Waals surface area contributed by atoms with Crippen LogP contribution in [0.5, 0.6) is 0 Å². The molecule has 0 N–H and O–H groups in total. The van der Waals surface area contributed by atoms with Gasteiger partial charge in [0.2, 0.25) is 0 Å². The number of rotatable bonds is 40. The van der Waals surface area contributed by atoms with E-state index in [-0.39, 0.29) is 32.0 Å². The van der Waals surface area contributed by atoms with Gasteiger partial charge in [-0.15, -0.1) is 0 Å². The van der Waals surface area contributed by atoms with Crippen molar-refractivity contribution in [2.24, 2.45) is 0 Å². The lowest BCUT2D eigenvalue weighted by atomic mass is 10.0. The van der Waals surface area contributed by atoms with Gasteiger partial charge in [-0.3, -0.25) is 14.2 Å². The van der Waals surface area contributed by atoms with Gasteiger partial charge in [0.25, 0.3) is 7.82 Å². The molecule has 0 spiro atoms.